The van der Waals surface area contributed by atoms with E-state index in [1.807, 2.05) is 25.3 Å². The van der Waals surface area contributed by atoms with Gasteiger partial charge in [-0.05, 0) is 20.3 Å². The first kappa shape index (κ1) is 12.7. The second-order valence-electron chi connectivity index (χ2n) is 3.81. The van der Waals surface area contributed by atoms with Crippen LogP contribution in [0.2, 0.25) is 0 Å². The van der Waals surface area contributed by atoms with Gasteiger partial charge in [-0.3, -0.25) is 4.79 Å². The van der Waals surface area contributed by atoms with Crippen molar-refractivity contribution < 1.29 is 4.79 Å². The Morgan fingerprint density at radius 3 is 2.88 bits per heavy atom. The van der Waals surface area contributed by atoms with Gasteiger partial charge in [0.25, 0.3) is 0 Å². The van der Waals surface area contributed by atoms with E-state index in [0.717, 1.165) is 12.1 Å². The fourth-order valence-electron chi connectivity index (χ4n) is 1.58. The van der Waals surface area contributed by atoms with E-state index in [1.165, 1.54) is 0 Å². The zero-order valence-corrected chi connectivity index (χ0v) is 10.1. The Hall–Kier alpha value is -1.36. The molecule has 5 heteroatoms. The zero-order chi connectivity index (χ0) is 12.1. The number of likely N-dealkylation sites (N-methyl/N-ethyl adjacent to an activating group) is 1. The number of imidazole rings is 1. The van der Waals surface area contributed by atoms with E-state index in [2.05, 4.69) is 10.3 Å². The minimum Gasteiger partial charge on any atom is -0.355 e. The number of hydrogen-bond acceptors (Lipinski definition) is 3. The number of carbonyl (C=O) groups is 1. The molecule has 1 amide bonds. The van der Waals surface area contributed by atoms with Crippen molar-refractivity contribution in [2.75, 3.05) is 6.54 Å². The predicted octanol–water partition coefficient (Wildman–Crippen LogP) is 0.990. The highest BCUT2D eigenvalue weighted by atomic mass is 16.2. The molecule has 5 nitrogen and oxygen atoms in total. The average Bonchev–Trinajstić information content (AvgIpc) is 2.76. The predicted molar refractivity (Wildman–Crippen MR) is 62.8 cm³/mol. The molecule has 0 bridgehead atoms. The molecule has 0 aliphatic carbocycles. The van der Waals surface area contributed by atoms with Gasteiger partial charge < -0.3 is 15.6 Å². The van der Waals surface area contributed by atoms with E-state index in [-0.39, 0.29) is 18.0 Å². The minimum atomic E-state index is -0.268. The number of amides is 1. The Balaban J connectivity index is 2.87. The second-order valence-corrected chi connectivity index (χ2v) is 3.81. The van der Waals surface area contributed by atoms with Gasteiger partial charge in [-0.2, -0.15) is 0 Å². The van der Waals surface area contributed by atoms with Gasteiger partial charge in [-0.15, -0.1) is 0 Å². The summed E-state index contributed by atoms with van der Waals surface area (Å²) in [6.07, 6.45) is 4.21. The Morgan fingerprint density at radius 2 is 2.31 bits per heavy atom. The van der Waals surface area contributed by atoms with Crippen LogP contribution in [0.3, 0.4) is 0 Å². The molecule has 0 aliphatic rings. The van der Waals surface area contributed by atoms with Crippen LogP contribution in [0.25, 0.3) is 0 Å². The molecule has 0 radical (unpaired) electrons. The van der Waals surface area contributed by atoms with Crippen molar-refractivity contribution in [2.45, 2.75) is 39.3 Å². The van der Waals surface area contributed by atoms with Crippen molar-refractivity contribution in [3.63, 3.8) is 0 Å². The maximum Gasteiger partial charge on any atom is 0.242 e. The summed E-state index contributed by atoms with van der Waals surface area (Å²) in [5, 5.41) is 2.79. The van der Waals surface area contributed by atoms with Crippen molar-refractivity contribution in [1.29, 1.82) is 0 Å². The first-order valence-corrected chi connectivity index (χ1v) is 5.66. The lowest BCUT2D eigenvalue weighted by atomic mass is 10.1. The number of carbonyl (C=O) groups excluding carboxylic acids is 1. The summed E-state index contributed by atoms with van der Waals surface area (Å²) < 4.78 is 1.83. The van der Waals surface area contributed by atoms with Gasteiger partial charge in [0, 0.05) is 18.8 Å². The first-order chi connectivity index (χ1) is 7.61. The Labute approximate surface area is 96.0 Å². The third kappa shape index (κ3) is 2.61. The monoisotopic (exact) mass is 224 g/mol. The highest BCUT2D eigenvalue weighted by Crippen LogP contribution is 2.17. The lowest BCUT2D eigenvalue weighted by Crippen LogP contribution is -2.32. The van der Waals surface area contributed by atoms with E-state index in [4.69, 9.17) is 5.73 Å². The standard InChI is InChI=1S/C11H20N4O/c1-4-9(12)10-6-13-7-15(10)8(3)11(16)14-5-2/h6-9H,4-5,12H2,1-3H3,(H,14,16)/t8?,9-/m1/s1. The van der Waals surface area contributed by atoms with Gasteiger partial charge in [0.2, 0.25) is 5.91 Å². The average molecular weight is 224 g/mol. The van der Waals surface area contributed by atoms with Gasteiger partial charge in [-0.25, -0.2) is 4.98 Å². The topological polar surface area (TPSA) is 72.9 Å². The number of nitrogens with zero attached hydrogens (tertiary/aromatic N) is 2. The minimum absolute atomic E-state index is 0.00921. The SMILES string of the molecule is CCNC(=O)C(C)n1cncc1[C@H](N)CC. The number of rotatable bonds is 5. The normalized spacial score (nSPS) is 14.5. The largest absolute Gasteiger partial charge is 0.355 e. The van der Waals surface area contributed by atoms with Crippen LogP contribution < -0.4 is 11.1 Å². The van der Waals surface area contributed by atoms with Gasteiger partial charge in [-0.1, -0.05) is 6.92 Å². The van der Waals surface area contributed by atoms with Crippen LogP contribution in [-0.4, -0.2) is 22.0 Å². The van der Waals surface area contributed by atoms with E-state index in [0.29, 0.717) is 6.54 Å². The first-order valence-electron chi connectivity index (χ1n) is 5.66. The van der Waals surface area contributed by atoms with Crippen LogP contribution in [0.1, 0.15) is 45.0 Å². The molecule has 0 spiro atoms. The van der Waals surface area contributed by atoms with Crippen LogP contribution in [-0.2, 0) is 4.79 Å². The van der Waals surface area contributed by atoms with E-state index >= 15 is 0 Å². The molecule has 3 N–H and O–H groups in total. The van der Waals surface area contributed by atoms with Crippen molar-refractivity contribution >= 4 is 5.91 Å². The summed E-state index contributed by atoms with van der Waals surface area (Å²) in [7, 11) is 0. The smallest absolute Gasteiger partial charge is 0.242 e. The molecule has 1 heterocycles. The molecule has 0 aromatic carbocycles. The quantitative estimate of drug-likeness (QED) is 0.783. The van der Waals surface area contributed by atoms with Gasteiger partial charge in [0.05, 0.1) is 12.0 Å². The molecule has 0 saturated carbocycles. The maximum atomic E-state index is 11.7. The third-order valence-corrected chi connectivity index (χ3v) is 2.66. The molecule has 16 heavy (non-hydrogen) atoms. The summed E-state index contributed by atoms with van der Waals surface area (Å²) in [5.41, 5.74) is 6.86. The molecule has 1 aromatic heterocycles. The molecular weight excluding hydrogens is 204 g/mol. The molecule has 2 atom stereocenters. The summed E-state index contributed by atoms with van der Waals surface area (Å²) >= 11 is 0. The highest BCUT2D eigenvalue weighted by Gasteiger charge is 2.18. The molecular formula is C11H20N4O. The molecule has 0 saturated heterocycles. The lowest BCUT2D eigenvalue weighted by Gasteiger charge is -2.18. The molecule has 0 aliphatic heterocycles. The van der Waals surface area contributed by atoms with E-state index in [9.17, 15) is 4.79 Å². The van der Waals surface area contributed by atoms with Crippen LogP contribution in [0, 0.1) is 0 Å². The molecule has 1 rings (SSSR count). The summed E-state index contributed by atoms with van der Waals surface area (Å²) in [4.78, 5) is 15.8. The lowest BCUT2D eigenvalue weighted by molar-refractivity contribution is -0.123. The number of aromatic nitrogens is 2. The van der Waals surface area contributed by atoms with Crippen molar-refractivity contribution in [2.24, 2.45) is 5.73 Å². The fraction of sp³-hybridized carbons (Fsp3) is 0.636. The molecule has 0 fully saturated rings. The fourth-order valence-corrected chi connectivity index (χ4v) is 1.58. The summed E-state index contributed by atoms with van der Waals surface area (Å²) in [6.45, 7) is 6.39. The number of nitrogens with two attached hydrogens (primary N) is 1. The van der Waals surface area contributed by atoms with Gasteiger partial charge in [0.1, 0.15) is 6.04 Å². The van der Waals surface area contributed by atoms with Gasteiger partial charge in [0.15, 0.2) is 0 Å². The van der Waals surface area contributed by atoms with Crippen LogP contribution >= 0.6 is 0 Å². The Bertz CT molecular complexity index is 348. The Kier molecular flexibility index (Phi) is 4.49. The Morgan fingerprint density at radius 1 is 1.62 bits per heavy atom. The van der Waals surface area contributed by atoms with Crippen LogP contribution in [0.15, 0.2) is 12.5 Å². The van der Waals surface area contributed by atoms with Crippen LogP contribution in [0.5, 0.6) is 0 Å². The number of hydrogen-bond donors (Lipinski definition) is 2. The maximum absolute atomic E-state index is 11.7. The van der Waals surface area contributed by atoms with Gasteiger partial charge >= 0.3 is 0 Å². The molecule has 1 aromatic rings. The van der Waals surface area contributed by atoms with Crippen molar-refractivity contribution in [3.8, 4) is 0 Å². The molecule has 1 unspecified atom stereocenters. The highest BCUT2D eigenvalue weighted by molar-refractivity contribution is 5.79. The van der Waals surface area contributed by atoms with Crippen molar-refractivity contribution in [1.82, 2.24) is 14.9 Å². The number of nitrogens with one attached hydrogen (secondary N) is 1. The third-order valence-electron chi connectivity index (χ3n) is 2.66. The van der Waals surface area contributed by atoms with Crippen molar-refractivity contribution in [3.05, 3.63) is 18.2 Å². The molecule has 90 valence electrons. The van der Waals surface area contributed by atoms with Crippen LogP contribution in [0.4, 0.5) is 0 Å². The van der Waals surface area contributed by atoms with E-state index < -0.39 is 0 Å². The second kappa shape index (κ2) is 5.65. The summed E-state index contributed by atoms with van der Waals surface area (Å²) in [6, 6.07) is -0.338. The zero-order valence-electron chi connectivity index (χ0n) is 10.1. The van der Waals surface area contributed by atoms with E-state index in [1.54, 1.807) is 12.5 Å². The summed E-state index contributed by atoms with van der Waals surface area (Å²) in [5.74, 6) is -0.00921.